The molecule has 0 aliphatic carbocycles. The van der Waals surface area contributed by atoms with Gasteiger partial charge < -0.3 is 9.13 Å². The van der Waals surface area contributed by atoms with Gasteiger partial charge in [-0.2, -0.15) is 0 Å². The second-order valence-electron chi connectivity index (χ2n) is 14.4. The summed E-state index contributed by atoms with van der Waals surface area (Å²) in [6.45, 7) is 0. The van der Waals surface area contributed by atoms with Crippen LogP contribution in [0.1, 0.15) is 0 Å². The number of pyridine rings is 4. The first-order valence-electron chi connectivity index (χ1n) is 19.4. The van der Waals surface area contributed by atoms with Crippen LogP contribution in [-0.4, -0.2) is 29.1 Å². The monoisotopic (exact) mass is 742 g/mol. The molecule has 5 heterocycles. The SMILES string of the molecule is c1ccc(-n2c3ccc4c(-c5cccc(-c6cccnc6)n5)ccc(c4c3)n(-c3ccccc3)c3ccc4c(-c5cccc(-c6cccnc6)n5)ccc2c4c3)cc1. The minimum atomic E-state index is 0.887. The second kappa shape index (κ2) is 14.0. The lowest BCUT2D eigenvalue weighted by molar-refractivity contribution is 1.15. The number of benzene rings is 6. The van der Waals surface area contributed by atoms with Crippen molar-refractivity contribution >= 4 is 43.6 Å². The molecule has 0 aliphatic rings. The molecule has 4 bridgehead atoms. The lowest BCUT2D eigenvalue weighted by Gasteiger charge is -2.20. The van der Waals surface area contributed by atoms with E-state index in [1.807, 2.05) is 36.7 Å². The fourth-order valence-electron chi connectivity index (χ4n) is 8.28. The summed E-state index contributed by atoms with van der Waals surface area (Å²) >= 11 is 0. The Hall–Kier alpha value is -7.96. The van der Waals surface area contributed by atoms with Crippen LogP contribution in [0.15, 0.2) is 207 Å². The van der Waals surface area contributed by atoms with Gasteiger partial charge in [0.05, 0.1) is 33.8 Å². The second-order valence-corrected chi connectivity index (χ2v) is 14.4. The summed E-state index contributed by atoms with van der Waals surface area (Å²) in [7, 11) is 0. The molecule has 0 amide bonds. The Balaban J connectivity index is 1.25. The number of hydrogen-bond donors (Lipinski definition) is 0. The first-order chi connectivity index (χ1) is 28.8. The van der Waals surface area contributed by atoms with Gasteiger partial charge in [-0.25, -0.2) is 9.97 Å². The molecule has 6 aromatic carbocycles. The smallest absolute Gasteiger partial charge is 0.0725 e. The zero-order valence-corrected chi connectivity index (χ0v) is 31.3. The highest BCUT2D eigenvalue weighted by atomic mass is 15.0. The van der Waals surface area contributed by atoms with E-state index in [0.717, 1.165) is 100 Å². The summed E-state index contributed by atoms with van der Waals surface area (Å²) in [6, 6.07) is 64.3. The predicted molar refractivity (Wildman–Crippen MR) is 237 cm³/mol. The van der Waals surface area contributed by atoms with Crippen LogP contribution in [0.4, 0.5) is 0 Å². The molecule has 0 saturated carbocycles. The van der Waals surface area contributed by atoms with Crippen LogP contribution >= 0.6 is 0 Å². The number of aromatic nitrogens is 6. The molecule has 6 nitrogen and oxygen atoms in total. The maximum absolute atomic E-state index is 5.18. The summed E-state index contributed by atoms with van der Waals surface area (Å²) in [6.07, 6.45) is 7.31. The molecule has 11 aromatic rings. The average Bonchev–Trinajstić information content (AvgIpc) is 3.30. The van der Waals surface area contributed by atoms with Crippen molar-refractivity contribution in [3.8, 4) is 56.4 Å². The molecule has 58 heavy (non-hydrogen) atoms. The average molecular weight is 743 g/mol. The summed E-state index contributed by atoms with van der Waals surface area (Å²) in [5.41, 5.74) is 14.1. The number of hydrogen-bond acceptors (Lipinski definition) is 4. The molecule has 0 aliphatic heterocycles. The van der Waals surface area contributed by atoms with Crippen molar-refractivity contribution in [2.24, 2.45) is 0 Å². The third-order valence-corrected chi connectivity index (χ3v) is 10.9. The van der Waals surface area contributed by atoms with Gasteiger partial charge in [-0.05, 0) is 120 Å². The lowest BCUT2D eigenvalue weighted by atomic mass is 9.97. The highest BCUT2D eigenvalue weighted by Gasteiger charge is 2.17. The van der Waals surface area contributed by atoms with Gasteiger partial charge in [-0.3, -0.25) is 9.97 Å². The minimum absolute atomic E-state index is 0.887. The molecule has 0 atom stereocenters. The molecular weight excluding hydrogens is 709 g/mol. The Morgan fingerprint density at radius 3 is 1.21 bits per heavy atom. The fraction of sp³-hybridized carbons (Fsp3) is 0. The van der Waals surface area contributed by atoms with Gasteiger partial charge in [-0.1, -0.05) is 72.8 Å². The molecule has 0 spiro atoms. The molecule has 0 N–H and O–H groups in total. The van der Waals surface area contributed by atoms with E-state index in [2.05, 4.69) is 177 Å². The summed E-state index contributed by atoms with van der Waals surface area (Å²) in [5, 5.41) is 4.46. The Morgan fingerprint density at radius 1 is 0.328 bits per heavy atom. The van der Waals surface area contributed by atoms with E-state index in [-0.39, 0.29) is 0 Å². The molecule has 6 heteroatoms. The predicted octanol–water partition coefficient (Wildman–Crippen LogP) is 12.7. The first-order valence-corrected chi connectivity index (χ1v) is 19.4. The van der Waals surface area contributed by atoms with E-state index < -0.39 is 0 Å². The fourth-order valence-corrected chi connectivity index (χ4v) is 8.28. The molecule has 0 saturated heterocycles. The maximum atomic E-state index is 5.18. The van der Waals surface area contributed by atoms with E-state index in [0.29, 0.717) is 0 Å². The Bertz CT molecular complexity index is 3090. The van der Waals surface area contributed by atoms with E-state index >= 15 is 0 Å². The van der Waals surface area contributed by atoms with Gasteiger partial charge in [-0.15, -0.1) is 0 Å². The van der Waals surface area contributed by atoms with Gasteiger partial charge in [0.15, 0.2) is 0 Å². The van der Waals surface area contributed by atoms with Crippen molar-refractivity contribution in [2.75, 3.05) is 0 Å². The van der Waals surface area contributed by atoms with E-state index in [1.54, 1.807) is 12.4 Å². The molecule has 5 aromatic heterocycles. The third kappa shape index (κ3) is 5.74. The van der Waals surface area contributed by atoms with Crippen molar-refractivity contribution in [1.82, 2.24) is 29.1 Å². The van der Waals surface area contributed by atoms with Gasteiger partial charge in [0, 0.05) is 80.2 Å². The molecule has 272 valence electrons. The number of nitrogens with zero attached hydrogens (tertiary/aromatic N) is 6. The summed E-state index contributed by atoms with van der Waals surface area (Å²) in [4.78, 5) is 19.1. The van der Waals surface area contributed by atoms with Crippen molar-refractivity contribution < 1.29 is 0 Å². The molecule has 0 fully saturated rings. The standard InChI is InChI=1S/C52H34N6/c1-3-13-37(14-4-1)57-39-21-23-42-44(50-20-8-18-48(56-50)36-12-10-30-54-34-36)26-28-52(46(42)31-39)58(38-15-5-2-6-16-38)40-22-24-41-43(25-27-51(57)45(41)32-40)49-19-7-17-47(55-49)35-11-9-29-53-33-35/h1-34H. The van der Waals surface area contributed by atoms with Gasteiger partial charge in [0.25, 0.3) is 0 Å². The normalized spacial score (nSPS) is 11.4. The Labute approximate surface area is 334 Å². The van der Waals surface area contributed by atoms with Gasteiger partial charge in [0.2, 0.25) is 0 Å². The van der Waals surface area contributed by atoms with E-state index in [4.69, 9.17) is 9.97 Å². The summed E-state index contributed by atoms with van der Waals surface area (Å²) in [5.74, 6) is 0. The zero-order chi connectivity index (χ0) is 38.4. The molecule has 0 unspecified atom stereocenters. The van der Waals surface area contributed by atoms with Crippen LogP contribution in [-0.2, 0) is 0 Å². The first kappa shape index (κ1) is 33.4. The number of fused-ring (bicyclic) bond motifs is 2. The topological polar surface area (TPSA) is 61.4 Å². The molecule has 0 radical (unpaired) electrons. The van der Waals surface area contributed by atoms with Crippen molar-refractivity contribution in [1.29, 1.82) is 0 Å². The quantitative estimate of drug-likeness (QED) is 0.170. The zero-order valence-electron chi connectivity index (χ0n) is 31.3. The Kier molecular flexibility index (Phi) is 8.04. The Morgan fingerprint density at radius 2 is 0.776 bits per heavy atom. The van der Waals surface area contributed by atoms with E-state index in [1.165, 1.54) is 0 Å². The number of para-hydroxylation sites is 2. The van der Waals surface area contributed by atoms with Crippen molar-refractivity contribution in [3.63, 3.8) is 0 Å². The highest BCUT2D eigenvalue weighted by Crippen LogP contribution is 2.38. The van der Waals surface area contributed by atoms with Crippen molar-refractivity contribution in [2.45, 2.75) is 0 Å². The van der Waals surface area contributed by atoms with Crippen LogP contribution in [0.2, 0.25) is 0 Å². The number of rotatable bonds is 6. The van der Waals surface area contributed by atoms with Gasteiger partial charge in [0.1, 0.15) is 0 Å². The van der Waals surface area contributed by atoms with Crippen LogP contribution in [0.25, 0.3) is 100 Å². The molecular formula is C52H34N6. The van der Waals surface area contributed by atoms with Crippen molar-refractivity contribution in [3.05, 3.63) is 207 Å². The van der Waals surface area contributed by atoms with E-state index in [9.17, 15) is 0 Å². The summed E-state index contributed by atoms with van der Waals surface area (Å²) < 4.78 is 4.76. The largest absolute Gasteiger partial charge is 0.310 e. The maximum Gasteiger partial charge on any atom is 0.0725 e. The van der Waals surface area contributed by atoms with Crippen LogP contribution < -0.4 is 0 Å². The lowest BCUT2D eigenvalue weighted by Crippen LogP contribution is -2.02. The minimum Gasteiger partial charge on any atom is -0.310 e. The van der Waals surface area contributed by atoms with Gasteiger partial charge >= 0.3 is 0 Å². The van der Waals surface area contributed by atoms with Crippen LogP contribution in [0, 0.1) is 0 Å². The van der Waals surface area contributed by atoms with Crippen LogP contribution in [0.3, 0.4) is 0 Å². The third-order valence-electron chi connectivity index (χ3n) is 10.9. The van der Waals surface area contributed by atoms with Crippen LogP contribution in [0.5, 0.6) is 0 Å². The highest BCUT2D eigenvalue weighted by molar-refractivity contribution is 6.10. The molecule has 11 rings (SSSR count).